The quantitative estimate of drug-likeness (QED) is 0.752. The summed E-state index contributed by atoms with van der Waals surface area (Å²) < 4.78 is 30.0. The van der Waals surface area contributed by atoms with Crippen LogP contribution in [0.3, 0.4) is 0 Å². The summed E-state index contributed by atoms with van der Waals surface area (Å²) in [4.78, 5) is 14.0. The van der Waals surface area contributed by atoms with Crippen LogP contribution < -0.4 is 4.72 Å². The number of hydrogen-bond donors (Lipinski definition) is 1. The van der Waals surface area contributed by atoms with E-state index in [1.165, 1.54) is 0 Å². The van der Waals surface area contributed by atoms with E-state index in [0.29, 0.717) is 13.0 Å². The number of rotatable bonds is 7. The van der Waals surface area contributed by atoms with Crippen molar-refractivity contribution in [3.63, 3.8) is 0 Å². The molecular weight excluding hydrogens is 280 g/mol. The molecule has 1 N–H and O–H groups in total. The number of carbonyl (C=O) groups is 1. The molecule has 20 heavy (non-hydrogen) atoms. The molecule has 1 unspecified atom stereocenters. The maximum Gasteiger partial charge on any atom is 0.248 e. The summed E-state index contributed by atoms with van der Waals surface area (Å²) in [7, 11) is -3.16. The van der Waals surface area contributed by atoms with Crippen molar-refractivity contribution in [3.8, 4) is 0 Å². The van der Waals surface area contributed by atoms with Gasteiger partial charge in [0.2, 0.25) is 15.9 Å². The number of sulfonamides is 1. The number of nitrogens with one attached hydrogen (secondary N) is 1. The molecule has 1 heterocycles. The highest BCUT2D eigenvalue weighted by molar-refractivity contribution is 7.88. The highest BCUT2D eigenvalue weighted by Gasteiger charge is 2.26. The molecule has 0 radical (unpaired) electrons. The van der Waals surface area contributed by atoms with Crippen molar-refractivity contribution in [2.75, 3.05) is 26.0 Å². The molecule has 0 aliphatic carbocycles. The first-order valence-electron chi connectivity index (χ1n) is 7.15. The minimum absolute atomic E-state index is 0.00255. The number of piperidine rings is 1. The number of nitrogens with zero attached hydrogens (tertiary/aromatic N) is 1. The molecule has 6 nitrogen and oxygen atoms in total. The Bertz CT molecular complexity index is 409. The second kappa shape index (κ2) is 7.95. The van der Waals surface area contributed by atoms with Gasteiger partial charge in [-0.05, 0) is 39.5 Å². The zero-order valence-corrected chi connectivity index (χ0v) is 13.4. The Labute approximate surface area is 121 Å². The molecule has 0 bridgehead atoms. The molecule has 1 aliphatic heterocycles. The van der Waals surface area contributed by atoms with Gasteiger partial charge in [-0.15, -0.1) is 0 Å². The van der Waals surface area contributed by atoms with Crippen molar-refractivity contribution in [1.82, 2.24) is 9.62 Å². The molecular formula is C13H26N2O4S. The van der Waals surface area contributed by atoms with Gasteiger partial charge in [0.05, 0.1) is 12.4 Å². The number of amides is 1. The molecule has 0 aromatic rings. The Morgan fingerprint density at radius 2 is 2.10 bits per heavy atom. The van der Waals surface area contributed by atoms with Gasteiger partial charge in [0.1, 0.15) is 6.61 Å². The first-order chi connectivity index (χ1) is 9.29. The standard InChI is InChI=1S/C13H26N2O4S/c1-11(2)19-10-13(16)15-9-5-4-6-12(15)7-8-14-20(3,17)18/h11-12,14H,4-10H2,1-3H3. The van der Waals surface area contributed by atoms with Crippen LogP contribution in [0, 0.1) is 0 Å². The van der Waals surface area contributed by atoms with E-state index < -0.39 is 10.0 Å². The van der Waals surface area contributed by atoms with E-state index in [4.69, 9.17) is 4.74 Å². The summed E-state index contributed by atoms with van der Waals surface area (Å²) in [5.74, 6) is 0.00255. The minimum Gasteiger partial charge on any atom is -0.369 e. The van der Waals surface area contributed by atoms with E-state index in [1.807, 2.05) is 18.7 Å². The molecule has 0 aromatic heterocycles. The van der Waals surface area contributed by atoms with Crippen molar-refractivity contribution < 1.29 is 17.9 Å². The van der Waals surface area contributed by atoms with E-state index in [0.717, 1.165) is 32.1 Å². The van der Waals surface area contributed by atoms with E-state index in [-0.39, 0.29) is 24.7 Å². The van der Waals surface area contributed by atoms with Crippen LogP contribution in [0.5, 0.6) is 0 Å². The second-order valence-electron chi connectivity index (χ2n) is 5.55. The summed E-state index contributed by atoms with van der Waals surface area (Å²) in [6.07, 6.45) is 4.85. The zero-order valence-electron chi connectivity index (χ0n) is 12.6. The first-order valence-corrected chi connectivity index (χ1v) is 9.04. The van der Waals surface area contributed by atoms with Gasteiger partial charge in [0.25, 0.3) is 0 Å². The summed E-state index contributed by atoms with van der Waals surface area (Å²) in [6.45, 7) is 5.02. The van der Waals surface area contributed by atoms with Crippen LogP contribution in [0.1, 0.15) is 39.5 Å². The van der Waals surface area contributed by atoms with Gasteiger partial charge in [0, 0.05) is 19.1 Å². The number of ether oxygens (including phenoxy) is 1. The lowest BCUT2D eigenvalue weighted by Crippen LogP contribution is -2.46. The van der Waals surface area contributed by atoms with E-state index in [2.05, 4.69) is 4.72 Å². The highest BCUT2D eigenvalue weighted by Crippen LogP contribution is 2.19. The monoisotopic (exact) mass is 306 g/mol. The summed E-state index contributed by atoms with van der Waals surface area (Å²) in [5.41, 5.74) is 0. The predicted molar refractivity (Wildman–Crippen MR) is 77.9 cm³/mol. The summed E-state index contributed by atoms with van der Waals surface area (Å²) >= 11 is 0. The SMILES string of the molecule is CC(C)OCC(=O)N1CCCCC1CCNS(C)(=O)=O. The third-order valence-corrected chi connectivity index (χ3v) is 4.06. The Morgan fingerprint density at radius 3 is 2.70 bits per heavy atom. The predicted octanol–water partition coefficient (Wildman–Crippen LogP) is 0.732. The number of hydrogen-bond acceptors (Lipinski definition) is 4. The lowest BCUT2D eigenvalue weighted by atomic mass is 9.99. The fraction of sp³-hybridized carbons (Fsp3) is 0.923. The number of likely N-dealkylation sites (tertiary alicyclic amines) is 1. The lowest BCUT2D eigenvalue weighted by molar-refractivity contribution is -0.141. The maximum absolute atomic E-state index is 12.1. The molecule has 1 amide bonds. The lowest BCUT2D eigenvalue weighted by Gasteiger charge is -2.36. The normalized spacial score (nSPS) is 20.4. The molecule has 1 atom stereocenters. The molecule has 1 fully saturated rings. The Balaban J connectivity index is 2.47. The van der Waals surface area contributed by atoms with Gasteiger partial charge in [-0.3, -0.25) is 4.79 Å². The van der Waals surface area contributed by atoms with Crippen molar-refractivity contribution in [1.29, 1.82) is 0 Å². The van der Waals surface area contributed by atoms with Gasteiger partial charge in [-0.1, -0.05) is 0 Å². The first kappa shape index (κ1) is 17.4. The number of carbonyl (C=O) groups excluding carboxylic acids is 1. The molecule has 1 aliphatic rings. The van der Waals surface area contributed by atoms with Crippen LogP contribution in [0.4, 0.5) is 0 Å². The third-order valence-electron chi connectivity index (χ3n) is 3.33. The Kier molecular flexibility index (Phi) is 6.91. The zero-order chi connectivity index (χ0) is 15.2. The van der Waals surface area contributed by atoms with Gasteiger partial charge in [0.15, 0.2) is 0 Å². The Morgan fingerprint density at radius 1 is 1.40 bits per heavy atom. The van der Waals surface area contributed by atoms with Gasteiger partial charge in [-0.2, -0.15) is 0 Å². The third kappa shape index (κ3) is 6.67. The van der Waals surface area contributed by atoms with Crippen LogP contribution >= 0.6 is 0 Å². The highest BCUT2D eigenvalue weighted by atomic mass is 32.2. The molecule has 7 heteroatoms. The average Bonchev–Trinajstić information content (AvgIpc) is 2.35. The van der Waals surface area contributed by atoms with Crippen LogP contribution in [0.15, 0.2) is 0 Å². The van der Waals surface area contributed by atoms with Crippen LogP contribution in [0.2, 0.25) is 0 Å². The molecule has 0 aromatic carbocycles. The molecule has 1 saturated heterocycles. The minimum atomic E-state index is -3.16. The largest absolute Gasteiger partial charge is 0.369 e. The topological polar surface area (TPSA) is 75.7 Å². The molecule has 0 saturated carbocycles. The van der Waals surface area contributed by atoms with Gasteiger partial charge in [-0.25, -0.2) is 13.1 Å². The van der Waals surface area contributed by atoms with Gasteiger partial charge >= 0.3 is 0 Å². The fourth-order valence-corrected chi connectivity index (χ4v) is 2.85. The van der Waals surface area contributed by atoms with E-state index in [9.17, 15) is 13.2 Å². The fourth-order valence-electron chi connectivity index (χ4n) is 2.36. The molecule has 0 spiro atoms. The second-order valence-corrected chi connectivity index (χ2v) is 7.38. The van der Waals surface area contributed by atoms with Crippen LogP contribution in [0.25, 0.3) is 0 Å². The smallest absolute Gasteiger partial charge is 0.248 e. The Hall–Kier alpha value is -0.660. The van der Waals surface area contributed by atoms with Crippen molar-refractivity contribution in [2.45, 2.75) is 51.7 Å². The van der Waals surface area contributed by atoms with E-state index in [1.54, 1.807) is 0 Å². The molecule has 118 valence electrons. The van der Waals surface area contributed by atoms with E-state index >= 15 is 0 Å². The van der Waals surface area contributed by atoms with Crippen molar-refractivity contribution in [3.05, 3.63) is 0 Å². The van der Waals surface area contributed by atoms with Crippen molar-refractivity contribution in [2.24, 2.45) is 0 Å². The summed E-state index contributed by atoms with van der Waals surface area (Å²) in [5, 5.41) is 0. The maximum atomic E-state index is 12.1. The van der Waals surface area contributed by atoms with Crippen molar-refractivity contribution >= 4 is 15.9 Å². The molecule has 1 rings (SSSR count). The van der Waals surface area contributed by atoms with Crippen LogP contribution in [-0.4, -0.2) is 57.3 Å². The van der Waals surface area contributed by atoms with Crippen LogP contribution in [-0.2, 0) is 19.6 Å². The average molecular weight is 306 g/mol. The van der Waals surface area contributed by atoms with Gasteiger partial charge < -0.3 is 9.64 Å². The summed E-state index contributed by atoms with van der Waals surface area (Å²) in [6, 6.07) is 0.112.